The third-order valence-electron chi connectivity index (χ3n) is 4.69. The van der Waals surface area contributed by atoms with Crippen molar-refractivity contribution in [2.45, 2.75) is 44.3 Å². The number of non-ortho nitro benzene ring substituents is 1. The molecular formula is C15H21N3O2. The Bertz CT molecular complexity index is 488. The summed E-state index contributed by atoms with van der Waals surface area (Å²) in [4.78, 5) is 12.9. The fraction of sp³-hybridized carbons (Fsp3) is 0.600. The molecule has 2 saturated heterocycles. The Hall–Kier alpha value is -1.46. The number of nitrogens with one attached hydrogen (secondary N) is 1. The molecule has 1 N–H and O–H groups in total. The number of nitro groups is 1. The van der Waals surface area contributed by atoms with Crippen LogP contribution in [0.3, 0.4) is 0 Å². The third-order valence-corrected chi connectivity index (χ3v) is 4.69. The molecule has 2 bridgehead atoms. The van der Waals surface area contributed by atoms with E-state index >= 15 is 0 Å². The first-order valence-electron chi connectivity index (χ1n) is 7.38. The highest BCUT2D eigenvalue weighted by molar-refractivity contribution is 5.34. The van der Waals surface area contributed by atoms with Gasteiger partial charge < -0.3 is 5.32 Å². The molecule has 0 aliphatic carbocycles. The zero-order chi connectivity index (χ0) is 14.1. The molecule has 0 spiro atoms. The smallest absolute Gasteiger partial charge is 0.269 e. The molecular weight excluding hydrogens is 254 g/mol. The van der Waals surface area contributed by atoms with Crippen molar-refractivity contribution in [2.24, 2.45) is 0 Å². The average Bonchev–Trinajstić information content (AvgIpc) is 2.78. The van der Waals surface area contributed by atoms with Crippen LogP contribution in [0.25, 0.3) is 0 Å². The maximum absolute atomic E-state index is 10.7. The molecule has 2 fully saturated rings. The van der Waals surface area contributed by atoms with Gasteiger partial charge >= 0.3 is 0 Å². The minimum atomic E-state index is -0.344. The van der Waals surface area contributed by atoms with Crippen LogP contribution < -0.4 is 5.32 Å². The standard InChI is InChI=1S/C15H21N3O2/c1-11(12-2-6-15(7-3-12)18(19)20)17-9-8-13-4-5-14(10-17)16-13/h2-3,6-7,11,13-14,16H,4-5,8-10H2,1H3. The molecule has 2 heterocycles. The summed E-state index contributed by atoms with van der Waals surface area (Å²) in [6.07, 6.45) is 3.78. The summed E-state index contributed by atoms with van der Waals surface area (Å²) >= 11 is 0. The van der Waals surface area contributed by atoms with E-state index in [-0.39, 0.29) is 10.6 Å². The van der Waals surface area contributed by atoms with Gasteiger partial charge in [-0.25, -0.2) is 0 Å². The second kappa shape index (κ2) is 5.50. The van der Waals surface area contributed by atoms with Gasteiger partial charge in [-0.2, -0.15) is 0 Å². The average molecular weight is 275 g/mol. The second-order valence-electron chi connectivity index (χ2n) is 5.95. The maximum atomic E-state index is 10.7. The van der Waals surface area contributed by atoms with Gasteiger partial charge in [0.15, 0.2) is 0 Å². The highest BCUT2D eigenvalue weighted by atomic mass is 16.6. The van der Waals surface area contributed by atoms with Crippen LogP contribution in [0.2, 0.25) is 0 Å². The Morgan fingerprint density at radius 3 is 2.65 bits per heavy atom. The van der Waals surface area contributed by atoms with Gasteiger partial charge in [0.2, 0.25) is 0 Å². The summed E-state index contributed by atoms with van der Waals surface area (Å²) in [5.74, 6) is 0. The van der Waals surface area contributed by atoms with Gasteiger partial charge in [-0.05, 0) is 31.7 Å². The molecule has 20 heavy (non-hydrogen) atoms. The molecule has 0 amide bonds. The van der Waals surface area contributed by atoms with Gasteiger partial charge in [0, 0.05) is 43.3 Å². The largest absolute Gasteiger partial charge is 0.310 e. The maximum Gasteiger partial charge on any atom is 0.269 e. The summed E-state index contributed by atoms with van der Waals surface area (Å²) in [6, 6.07) is 8.61. The number of likely N-dealkylation sites (tertiary alicyclic amines) is 1. The Morgan fingerprint density at radius 1 is 1.25 bits per heavy atom. The third kappa shape index (κ3) is 2.69. The van der Waals surface area contributed by atoms with Crippen LogP contribution in [0, 0.1) is 10.1 Å². The van der Waals surface area contributed by atoms with Crippen molar-refractivity contribution in [1.29, 1.82) is 0 Å². The van der Waals surface area contributed by atoms with E-state index in [4.69, 9.17) is 0 Å². The zero-order valence-electron chi connectivity index (χ0n) is 11.8. The summed E-state index contributed by atoms with van der Waals surface area (Å²) in [5, 5.41) is 14.4. The first-order valence-corrected chi connectivity index (χ1v) is 7.38. The van der Waals surface area contributed by atoms with Gasteiger partial charge in [-0.15, -0.1) is 0 Å². The lowest BCUT2D eigenvalue weighted by Crippen LogP contribution is -2.36. The number of fused-ring (bicyclic) bond motifs is 2. The van der Waals surface area contributed by atoms with E-state index in [1.54, 1.807) is 12.1 Å². The lowest BCUT2D eigenvalue weighted by atomic mass is 10.0. The van der Waals surface area contributed by atoms with Gasteiger partial charge in [-0.1, -0.05) is 12.1 Å². The lowest BCUT2D eigenvalue weighted by molar-refractivity contribution is -0.384. The molecule has 3 rings (SSSR count). The van der Waals surface area contributed by atoms with Gasteiger partial charge in [0.1, 0.15) is 0 Å². The van der Waals surface area contributed by atoms with E-state index in [0.717, 1.165) is 18.7 Å². The van der Waals surface area contributed by atoms with Crippen LogP contribution in [0.15, 0.2) is 24.3 Å². The minimum Gasteiger partial charge on any atom is -0.310 e. The predicted molar refractivity (Wildman–Crippen MR) is 77.6 cm³/mol. The van der Waals surface area contributed by atoms with Gasteiger partial charge in [0.05, 0.1) is 4.92 Å². The molecule has 1 aromatic rings. The summed E-state index contributed by atoms with van der Waals surface area (Å²) in [6.45, 7) is 4.38. The SMILES string of the molecule is CC(c1ccc([N+](=O)[O-])cc1)N1CCC2CCC(C1)N2. The molecule has 0 aromatic heterocycles. The van der Waals surface area contributed by atoms with E-state index in [2.05, 4.69) is 17.1 Å². The van der Waals surface area contributed by atoms with Crippen LogP contribution in [-0.4, -0.2) is 35.0 Å². The number of rotatable bonds is 3. The molecule has 108 valence electrons. The normalized spacial score (nSPS) is 28.1. The quantitative estimate of drug-likeness (QED) is 0.680. The zero-order valence-corrected chi connectivity index (χ0v) is 11.8. The molecule has 2 aliphatic rings. The lowest BCUT2D eigenvalue weighted by Gasteiger charge is -2.30. The summed E-state index contributed by atoms with van der Waals surface area (Å²) in [5.41, 5.74) is 1.32. The van der Waals surface area contributed by atoms with Crippen molar-refractivity contribution in [3.05, 3.63) is 39.9 Å². The van der Waals surface area contributed by atoms with Crippen molar-refractivity contribution in [3.63, 3.8) is 0 Å². The van der Waals surface area contributed by atoms with Crippen LogP contribution in [0.4, 0.5) is 5.69 Å². The molecule has 2 aliphatic heterocycles. The van der Waals surface area contributed by atoms with Crippen LogP contribution >= 0.6 is 0 Å². The fourth-order valence-electron chi connectivity index (χ4n) is 3.41. The molecule has 0 saturated carbocycles. The van der Waals surface area contributed by atoms with E-state index < -0.39 is 0 Å². The van der Waals surface area contributed by atoms with E-state index in [9.17, 15) is 10.1 Å². The van der Waals surface area contributed by atoms with Crippen molar-refractivity contribution < 1.29 is 4.92 Å². The fourth-order valence-corrected chi connectivity index (χ4v) is 3.41. The minimum absolute atomic E-state index is 0.164. The highest BCUT2D eigenvalue weighted by Crippen LogP contribution is 2.28. The van der Waals surface area contributed by atoms with Crippen LogP contribution in [0.1, 0.15) is 37.8 Å². The molecule has 3 unspecified atom stereocenters. The second-order valence-corrected chi connectivity index (χ2v) is 5.95. The summed E-state index contributed by atoms with van der Waals surface area (Å²) in [7, 11) is 0. The molecule has 1 aromatic carbocycles. The van der Waals surface area contributed by atoms with Crippen LogP contribution in [-0.2, 0) is 0 Å². The van der Waals surface area contributed by atoms with Crippen LogP contribution in [0.5, 0.6) is 0 Å². The van der Waals surface area contributed by atoms with Crippen molar-refractivity contribution in [3.8, 4) is 0 Å². The first-order chi connectivity index (χ1) is 9.63. The van der Waals surface area contributed by atoms with Crippen molar-refractivity contribution in [2.75, 3.05) is 13.1 Å². The number of benzene rings is 1. The molecule has 5 heteroatoms. The van der Waals surface area contributed by atoms with E-state index in [1.807, 2.05) is 12.1 Å². The van der Waals surface area contributed by atoms with E-state index in [0.29, 0.717) is 18.1 Å². The first kappa shape index (κ1) is 13.5. The Labute approximate surface area is 119 Å². The Morgan fingerprint density at radius 2 is 1.95 bits per heavy atom. The molecule has 3 atom stereocenters. The number of hydrogen-bond acceptors (Lipinski definition) is 4. The van der Waals surface area contributed by atoms with Crippen molar-refractivity contribution >= 4 is 5.69 Å². The molecule has 5 nitrogen and oxygen atoms in total. The number of nitrogens with zero attached hydrogens (tertiary/aromatic N) is 2. The monoisotopic (exact) mass is 275 g/mol. The van der Waals surface area contributed by atoms with E-state index in [1.165, 1.54) is 19.3 Å². The Balaban J connectivity index is 1.71. The topological polar surface area (TPSA) is 58.4 Å². The molecule has 0 radical (unpaired) electrons. The van der Waals surface area contributed by atoms with Gasteiger partial charge in [-0.3, -0.25) is 15.0 Å². The van der Waals surface area contributed by atoms with Crippen molar-refractivity contribution in [1.82, 2.24) is 10.2 Å². The number of hydrogen-bond donors (Lipinski definition) is 1. The number of nitro benzene ring substituents is 1. The Kier molecular flexibility index (Phi) is 3.72. The highest BCUT2D eigenvalue weighted by Gasteiger charge is 2.31. The predicted octanol–water partition coefficient (Wildman–Crippen LogP) is 2.48. The van der Waals surface area contributed by atoms with Gasteiger partial charge in [0.25, 0.3) is 5.69 Å². The summed E-state index contributed by atoms with van der Waals surface area (Å²) < 4.78 is 0.